The maximum atomic E-state index is 15.0. The first-order chi connectivity index (χ1) is 22.2. The molecular formula is C30HF11N6. The highest BCUT2D eigenvalue weighted by Gasteiger charge is 2.45. The monoisotopic (exact) mass is 654 g/mol. The Morgan fingerprint density at radius 3 is 0.979 bits per heavy atom. The van der Waals surface area contributed by atoms with E-state index >= 15 is 22.0 Å². The van der Waals surface area contributed by atoms with Crippen LogP contribution in [0.4, 0.5) is 48.3 Å². The van der Waals surface area contributed by atoms with E-state index in [-0.39, 0.29) is 6.07 Å². The minimum absolute atomic E-state index is 0.0125. The highest BCUT2D eigenvalue weighted by atomic mass is 19.2. The SMILES string of the molecule is N#CC(=C1C(=C(/C#N)c2c(F)c(F)c(C#N)c(F)c2F)/C1=C(/C#N)c1c(F)c(F)c(C#N)c(F)c1F)c1cc(F)c(C#N)c(F)c1F. The number of rotatable bonds is 3. The van der Waals surface area contributed by atoms with Crippen LogP contribution in [0.15, 0.2) is 22.8 Å². The lowest BCUT2D eigenvalue weighted by Gasteiger charge is -2.08. The van der Waals surface area contributed by atoms with E-state index in [1.54, 1.807) is 0 Å². The minimum Gasteiger partial charge on any atom is -0.205 e. The Balaban J connectivity index is 2.34. The van der Waals surface area contributed by atoms with Gasteiger partial charge < -0.3 is 0 Å². The van der Waals surface area contributed by atoms with Gasteiger partial charge in [-0.05, 0) is 6.07 Å². The molecule has 0 N–H and O–H groups in total. The molecule has 1 aliphatic carbocycles. The molecule has 0 atom stereocenters. The molecule has 1 saturated carbocycles. The average Bonchev–Trinajstić information content (AvgIpc) is 3.76. The van der Waals surface area contributed by atoms with Crippen molar-refractivity contribution in [1.82, 2.24) is 0 Å². The predicted octanol–water partition coefficient (Wildman–Crippen LogP) is 7.08. The number of nitrogens with zero attached hydrogens (tertiary/aromatic N) is 6. The number of hydrogen-bond acceptors (Lipinski definition) is 6. The normalized spacial score (nSPS) is 14.9. The molecule has 1 fully saturated rings. The lowest BCUT2D eigenvalue weighted by Crippen LogP contribution is -2.06. The lowest BCUT2D eigenvalue weighted by atomic mass is 9.99. The van der Waals surface area contributed by atoms with Crippen molar-refractivity contribution < 1.29 is 48.3 Å². The molecule has 3 aromatic carbocycles. The Hall–Kier alpha value is -6.95. The molecule has 0 radical (unpaired) electrons. The quantitative estimate of drug-likeness (QED) is 0.168. The van der Waals surface area contributed by atoms with E-state index < -0.39 is 131 Å². The molecule has 0 aliphatic heterocycles. The Labute approximate surface area is 253 Å². The summed E-state index contributed by atoms with van der Waals surface area (Å²) in [6.07, 6.45) is 0. The van der Waals surface area contributed by atoms with Crippen molar-refractivity contribution in [1.29, 1.82) is 31.6 Å². The van der Waals surface area contributed by atoms with Crippen molar-refractivity contribution in [2.24, 2.45) is 0 Å². The van der Waals surface area contributed by atoms with Gasteiger partial charge in [-0.1, -0.05) is 0 Å². The Kier molecular flexibility index (Phi) is 8.31. The van der Waals surface area contributed by atoms with Crippen LogP contribution in [-0.2, 0) is 0 Å². The lowest BCUT2D eigenvalue weighted by molar-refractivity contribution is 0.446. The van der Waals surface area contributed by atoms with Crippen LogP contribution in [0.1, 0.15) is 33.4 Å². The molecular weight excluding hydrogens is 653 g/mol. The van der Waals surface area contributed by atoms with Gasteiger partial charge in [0.05, 0.1) is 27.8 Å². The first-order valence-electron chi connectivity index (χ1n) is 11.7. The third kappa shape index (κ3) is 4.68. The molecule has 0 amide bonds. The molecule has 0 bridgehead atoms. The highest BCUT2D eigenvalue weighted by Crippen LogP contribution is 2.57. The molecule has 4 rings (SSSR count). The standard InChI is InChI=1S/C30HF11N6/c31-15-1-8(21(32)22(33)10(15)3-43)9(2-42)16-17(11(4-44)19-27(38)23(34)13(6-46)24(35)28(19)39)18(16)12(5-45)20-29(40)25(36)14(7-47)26(37)30(20)41/h1H/b16-9?,17-11-,18-12+. The van der Waals surface area contributed by atoms with E-state index in [1.807, 2.05) is 0 Å². The molecule has 6 nitrogen and oxygen atoms in total. The molecule has 0 aromatic heterocycles. The van der Waals surface area contributed by atoms with Gasteiger partial charge in [-0.15, -0.1) is 0 Å². The van der Waals surface area contributed by atoms with Crippen molar-refractivity contribution in [3.8, 4) is 36.4 Å². The Morgan fingerprint density at radius 1 is 0.383 bits per heavy atom. The van der Waals surface area contributed by atoms with Crippen LogP contribution in [0.2, 0.25) is 0 Å². The number of allylic oxidation sites excluding steroid dienone is 6. The molecule has 3 aromatic rings. The van der Waals surface area contributed by atoms with Crippen molar-refractivity contribution in [3.05, 3.63) is 120 Å². The summed E-state index contributed by atoms with van der Waals surface area (Å²) in [5.41, 5.74) is -19.0. The summed E-state index contributed by atoms with van der Waals surface area (Å²) in [5.74, 6) is -25.6. The van der Waals surface area contributed by atoms with Crippen molar-refractivity contribution in [2.75, 3.05) is 0 Å². The van der Waals surface area contributed by atoms with Gasteiger partial charge in [0.1, 0.15) is 58.9 Å². The second-order valence-electron chi connectivity index (χ2n) is 8.84. The smallest absolute Gasteiger partial charge is 0.180 e. The fraction of sp³-hybridized carbons (Fsp3) is 0. The highest BCUT2D eigenvalue weighted by molar-refractivity contribution is 6.12. The molecule has 17 heteroatoms. The summed E-state index contributed by atoms with van der Waals surface area (Å²) < 4.78 is 162. The van der Waals surface area contributed by atoms with Gasteiger partial charge >= 0.3 is 0 Å². The van der Waals surface area contributed by atoms with Crippen LogP contribution in [0.25, 0.3) is 16.7 Å². The zero-order chi connectivity index (χ0) is 35.2. The van der Waals surface area contributed by atoms with Crippen LogP contribution in [-0.4, -0.2) is 0 Å². The van der Waals surface area contributed by atoms with Gasteiger partial charge in [0, 0.05) is 22.3 Å². The van der Waals surface area contributed by atoms with Crippen molar-refractivity contribution in [2.45, 2.75) is 0 Å². The largest absolute Gasteiger partial charge is 0.205 e. The van der Waals surface area contributed by atoms with Crippen LogP contribution < -0.4 is 0 Å². The number of hydrogen-bond donors (Lipinski definition) is 0. The zero-order valence-electron chi connectivity index (χ0n) is 21.9. The van der Waals surface area contributed by atoms with Crippen LogP contribution >= 0.6 is 0 Å². The second kappa shape index (κ2) is 11.9. The van der Waals surface area contributed by atoms with E-state index in [2.05, 4.69) is 0 Å². The van der Waals surface area contributed by atoms with Gasteiger partial charge in [-0.3, -0.25) is 0 Å². The van der Waals surface area contributed by atoms with E-state index in [0.29, 0.717) is 0 Å². The van der Waals surface area contributed by atoms with Crippen molar-refractivity contribution >= 4 is 16.7 Å². The zero-order valence-corrected chi connectivity index (χ0v) is 21.9. The predicted molar refractivity (Wildman–Crippen MR) is 131 cm³/mol. The third-order valence-corrected chi connectivity index (χ3v) is 6.56. The van der Waals surface area contributed by atoms with Crippen LogP contribution in [0, 0.1) is 132 Å². The van der Waals surface area contributed by atoms with E-state index in [9.17, 15) is 42.1 Å². The summed E-state index contributed by atoms with van der Waals surface area (Å²) in [6.45, 7) is 0. The van der Waals surface area contributed by atoms with Gasteiger partial charge in [0.15, 0.2) is 58.2 Å². The summed E-state index contributed by atoms with van der Waals surface area (Å²) in [6, 6.07) is 5.80. The first kappa shape index (κ1) is 33.0. The van der Waals surface area contributed by atoms with Crippen LogP contribution in [0.5, 0.6) is 0 Å². The fourth-order valence-corrected chi connectivity index (χ4v) is 4.44. The number of benzene rings is 3. The summed E-state index contributed by atoms with van der Waals surface area (Å²) in [7, 11) is 0. The fourth-order valence-electron chi connectivity index (χ4n) is 4.44. The maximum absolute atomic E-state index is 15.0. The van der Waals surface area contributed by atoms with E-state index in [0.717, 1.165) is 36.4 Å². The van der Waals surface area contributed by atoms with Gasteiger partial charge in [0.25, 0.3) is 0 Å². The van der Waals surface area contributed by atoms with Gasteiger partial charge in [-0.25, -0.2) is 48.3 Å². The second-order valence-corrected chi connectivity index (χ2v) is 8.84. The molecule has 1 aliphatic rings. The Bertz CT molecular complexity index is 2210. The summed E-state index contributed by atoms with van der Waals surface area (Å²) in [5, 5.41) is 56.0. The summed E-state index contributed by atoms with van der Waals surface area (Å²) >= 11 is 0. The van der Waals surface area contributed by atoms with Crippen molar-refractivity contribution in [3.63, 3.8) is 0 Å². The van der Waals surface area contributed by atoms with E-state index in [1.165, 1.54) is 0 Å². The molecule has 0 unspecified atom stereocenters. The average molecular weight is 654 g/mol. The number of halogens is 11. The summed E-state index contributed by atoms with van der Waals surface area (Å²) in [4.78, 5) is 0. The molecule has 0 saturated heterocycles. The minimum atomic E-state index is -2.46. The Morgan fingerprint density at radius 2 is 0.681 bits per heavy atom. The number of nitriles is 6. The van der Waals surface area contributed by atoms with Gasteiger partial charge in [0.2, 0.25) is 0 Å². The third-order valence-electron chi connectivity index (χ3n) is 6.56. The molecule has 228 valence electrons. The maximum Gasteiger partial charge on any atom is 0.180 e. The van der Waals surface area contributed by atoms with Crippen LogP contribution in [0.3, 0.4) is 0 Å². The van der Waals surface area contributed by atoms with E-state index in [4.69, 9.17) is 15.8 Å². The first-order valence-corrected chi connectivity index (χ1v) is 11.7. The molecule has 47 heavy (non-hydrogen) atoms. The topological polar surface area (TPSA) is 143 Å². The molecule has 0 heterocycles. The molecule has 0 spiro atoms. The van der Waals surface area contributed by atoms with Gasteiger partial charge in [-0.2, -0.15) is 31.6 Å².